The standard InChI is InChI=1S/C13H11N3O10/c1-25-10(17)5-7(13(20)26-2)14-11-8(15(21)22)3-6(12(18)19)4-9(11)16(23)24/h3-5,14H,1-2H3,(H,18,19)/b7-5+. The number of ether oxygens (including phenoxy) is 2. The van der Waals surface area contributed by atoms with E-state index in [0.717, 1.165) is 14.2 Å². The first-order valence-electron chi connectivity index (χ1n) is 6.47. The smallest absolute Gasteiger partial charge is 0.354 e. The molecular weight excluding hydrogens is 358 g/mol. The lowest BCUT2D eigenvalue weighted by Crippen LogP contribution is -2.17. The quantitative estimate of drug-likeness (QED) is 0.300. The van der Waals surface area contributed by atoms with Gasteiger partial charge in [-0.05, 0) is 0 Å². The maximum absolute atomic E-state index is 11.7. The van der Waals surface area contributed by atoms with Gasteiger partial charge in [-0.15, -0.1) is 0 Å². The highest BCUT2D eigenvalue weighted by Crippen LogP contribution is 2.36. The number of methoxy groups -OCH3 is 2. The first kappa shape index (κ1) is 20.0. The van der Waals surface area contributed by atoms with Crippen molar-refractivity contribution in [2.45, 2.75) is 0 Å². The average Bonchev–Trinajstić information content (AvgIpc) is 2.59. The molecule has 1 aromatic carbocycles. The van der Waals surface area contributed by atoms with E-state index in [1.807, 2.05) is 0 Å². The van der Waals surface area contributed by atoms with Gasteiger partial charge >= 0.3 is 29.3 Å². The van der Waals surface area contributed by atoms with Crippen molar-refractivity contribution in [3.05, 3.63) is 49.7 Å². The summed E-state index contributed by atoms with van der Waals surface area (Å²) in [7, 11) is 1.92. The third-order valence-electron chi connectivity index (χ3n) is 2.87. The summed E-state index contributed by atoms with van der Waals surface area (Å²) in [6.45, 7) is 0. The SMILES string of the molecule is COC(=O)/C=C(/Nc1c([N+](=O)[O-])cc(C(=O)O)cc1[N+](=O)[O-])C(=O)OC. The minimum Gasteiger partial charge on any atom is -0.478 e. The van der Waals surface area contributed by atoms with E-state index in [0.29, 0.717) is 18.2 Å². The van der Waals surface area contributed by atoms with Crippen molar-refractivity contribution < 1.29 is 38.8 Å². The van der Waals surface area contributed by atoms with Gasteiger partial charge in [0.15, 0.2) is 5.69 Å². The maximum Gasteiger partial charge on any atom is 0.354 e. The number of rotatable bonds is 7. The van der Waals surface area contributed by atoms with Gasteiger partial charge < -0.3 is 19.9 Å². The van der Waals surface area contributed by atoms with E-state index in [1.54, 1.807) is 0 Å². The van der Waals surface area contributed by atoms with Crippen molar-refractivity contribution in [2.24, 2.45) is 0 Å². The Morgan fingerprint density at radius 3 is 1.92 bits per heavy atom. The number of carbonyl (C=O) groups is 3. The van der Waals surface area contributed by atoms with Gasteiger partial charge in [0, 0.05) is 12.1 Å². The van der Waals surface area contributed by atoms with E-state index < -0.39 is 56.1 Å². The monoisotopic (exact) mass is 369 g/mol. The number of hydrogen-bond acceptors (Lipinski definition) is 10. The molecule has 0 aliphatic heterocycles. The molecule has 0 aliphatic carbocycles. The number of carbonyl (C=O) groups excluding carboxylic acids is 2. The van der Waals surface area contributed by atoms with Crippen molar-refractivity contribution in [1.82, 2.24) is 0 Å². The van der Waals surface area contributed by atoms with Crippen LogP contribution >= 0.6 is 0 Å². The molecule has 1 aromatic rings. The highest BCUT2D eigenvalue weighted by molar-refractivity contribution is 6.01. The number of hydrogen-bond donors (Lipinski definition) is 2. The van der Waals surface area contributed by atoms with Crippen molar-refractivity contribution in [3.8, 4) is 0 Å². The predicted octanol–water partition coefficient (Wildman–Crippen LogP) is 0.843. The fourth-order valence-corrected chi connectivity index (χ4v) is 1.72. The zero-order valence-corrected chi connectivity index (χ0v) is 13.2. The van der Waals surface area contributed by atoms with E-state index >= 15 is 0 Å². The molecule has 1 rings (SSSR count). The molecule has 0 bridgehead atoms. The van der Waals surface area contributed by atoms with Crippen LogP contribution in [0.5, 0.6) is 0 Å². The average molecular weight is 369 g/mol. The van der Waals surface area contributed by atoms with Gasteiger partial charge in [0.25, 0.3) is 0 Å². The molecule has 0 fully saturated rings. The summed E-state index contributed by atoms with van der Waals surface area (Å²) in [6, 6.07) is 1.12. The van der Waals surface area contributed by atoms with Crippen LogP contribution in [0.4, 0.5) is 17.1 Å². The van der Waals surface area contributed by atoms with Crippen LogP contribution in [0.3, 0.4) is 0 Å². The van der Waals surface area contributed by atoms with Gasteiger partial charge in [-0.2, -0.15) is 0 Å². The second-order valence-corrected chi connectivity index (χ2v) is 4.41. The number of aromatic carboxylic acids is 1. The van der Waals surface area contributed by atoms with Crippen LogP contribution in [-0.4, -0.2) is 47.1 Å². The molecular formula is C13H11N3O10. The summed E-state index contributed by atoms with van der Waals surface area (Å²) in [5.41, 5.74) is -4.24. The minimum absolute atomic E-state index is 0.560. The van der Waals surface area contributed by atoms with Crippen molar-refractivity contribution in [3.63, 3.8) is 0 Å². The second kappa shape index (κ2) is 8.18. The van der Waals surface area contributed by atoms with Crippen LogP contribution < -0.4 is 5.32 Å². The Bertz CT molecular complexity index is 794. The molecule has 0 radical (unpaired) electrons. The van der Waals surface area contributed by atoms with Gasteiger partial charge in [-0.25, -0.2) is 14.4 Å². The Morgan fingerprint density at radius 2 is 1.58 bits per heavy atom. The van der Waals surface area contributed by atoms with Crippen LogP contribution in [0.1, 0.15) is 10.4 Å². The lowest BCUT2D eigenvalue weighted by atomic mass is 10.1. The largest absolute Gasteiger partial charge is 0.478 e. The van der Waals surface area contributed by atoms with E-state index in [1.165, 1.54) is 0 Å². The molecule has 0 saturated heterocycles. The van der Waals surface area contributed by atoms with Gasteiger partial charge in [-0.3, -0.25) is 20.2 Å². The van der Waals surface area contributed by atoms with Crippen LogP contribution in [-0.2, 0) is 19.1 Å². The fourth-order valence-electron chi connectivity index (χ4n) is 1.72. The third-order valence-corrected chi connectivity index (χ3v) is 2.87. The summed E-state index contributed by atoms with van der Waals surface area (Å²) in [6.07, 6.45) is 0.560. The summed E-state index contributed by atoms with van der Waals surface area (Å²) < 4.78 is 8.69. The summed E-state index contributed by atoms with van der Waals surface area (Å²) in [4.78, 5) is 54.3. The number of esters is 2. The van der Waals surface area contributed by atoms with Crippen LogP contribution in [0.25, 0.3) is 0 Å². The van der Waals surface area contributed by atoms with E-state index in [9.17, 15) is 34.6 Å². The molecule has 0 saturated carbocycles. The molecule has 0 aliphatic rings. The lowest BCUT2D eigenvalue weighted by molar-refractivity contribution is -0.392. The zero-order chi connectivity index (χ0) is 20.0. The van der Waals surface area contributed by atoms with Gasteiger partial charge in [-0.1, -0.05) is 0 Å². The molecule has 0 heterocycles. The molecule has 13 heteroatoms. The molecule has 138 valence electrons. The molecule has 0 atom stereocenters. The Kier molecular flexibility index (Phi) is 6.30. The van der Waals surface area contributed by atoms with Crippen LogP contribution in [0.15, 0.2) is 23.9 Å². The number of nitro groups is 2. The molecule has 26 heavy (non-hydrogen) atoms. The second-order valence-electron chi connectivity index (χ2n) is 4.41. The minimum atomic E-state index is -1.64. The predicted molar refractivity (Wildman–Crippen MR) is 82.4 cm³/mol. The van der Waals surface area contributed by atoms with Crippen molar-refractivity contribution in [1.29, 1.82) is 0 Å². The molecule has 13 nitrogen and oxygen atoms in total. The maximum atomic E-state index is 11.7. The van der Waals surface area contributed by atoms with Crippen LogP contribution in [0.2, 0.25) is 0 Å². The normalized spacial score (nSPS) is 10.6. The molecule has 2 N–H and O–H groups in total. The Morgan fingerprint density at radius 1 is 1.08 bits per heavy atom. The molecule has 0 unspecified atom stereocenters. The lowest BCUT2D eigenvalue weighted by Gasteiger charge is -2.10. The Hall–Kier alpha value is -4.03. The van der Waals surface area contributed by atoms with Gasteiger partial charge in [0.05, 0.1) is 35.7 Å². The number of nitrogens with zero attached hydrogens (tertiary/aromatic N) is 2. The van der Waals surface area contributed by atoms with E-state index in [-0.39, 0.29) is 0 Å². The highest BCUT2D eigenvalue weighted by Gasteiger charge is 2.30. The number of nitrogens with one attached hydrogen (secondary N) is 1. The van der Waals surface area contributed by atoms with Gasteiger partial charge in [0.1, 0.15) is 5.70 Å². The Balaban J connectivity index is 3.67. The number of carboxylic acid groups (broad SMARTS) is 1. The number of nitro benzene ring substituents is 2. The molecule has 0 spiro atoms. The van der Waals surface area contributed by atoms with Gasteiger partial charge in [0.2, 0.25) is 0 Å². The van der Waals surface area contributed by atoms with E-state index in [2.05, 4.69) is 14.8 Å². The Labute approximate surface area is 144 Å². The number of carboxylic acids is 1. The summed E-state index contributed by atoms with van der Waals surface area (Å²) in [5, 5.41) is 33.4. The highest BCUT2D eigenvalue weighted by atomic mass is 16.6. The summed E-state index contributed by atoms with van der Waals surface area (Å²) >= 11 is 0. The third kappa shape index (κ3) is 4.50. The first-order chi connectivity index (χ1) is 12.1. The molecule has 0 amide bonds. The fraction of sp³-hybridized carbons (Fsp3) is 0.154. The van der Waals surface area contributed by atoms with E-state index in [4.69, 9.17) is 5.11 Å². The first-order valence-corrected chi connectivity index (χ1v) is 6.47. The van der Waals surface area contributed by atoms with Crippen molar-refractivity contribution >= 4 is 35.0 Å². The van der Waals surface area contributed by atoms with Crippen molar-refractivity contribution in [2.75, 3.05) is 19.5 Å². The number of anilines is 1. The molecule has 0 aromatic heterocycles. The van der Waals surface area contributed by atoms with Crippen LogP contribution in [0, 0.1) is 20.2 Å². The topological polar surface area (TPSA) is 188 Å². The summed E-state index contributed by atoms with van der Waals surface area (Å²) in [5.74, 6) is -3.87. The number of benzene rings is 1. The zero-order valence-electron chi connectivity index (χ0n) is 13.2.